The van der Waals surface area contributed by atoms with Crippen LogP contribution in [0.5, 0.6) is 0 Å². The van der Waals surface area contributed by atoms with Crippen LogP contribution in [0.15, 0.2) is 18.2 Å². The van der Waals surface area contributed by atoms with Crippen molar-refractivity contribution in [3.63, 3.8) is 0 Å². The van der Waals surface area contributed by atoms with E-state index >= 15 is 0 Å². The van der Waals surface area contributed by atoms with Crippen LogP contribution in [-0.2, 0) is 16.6 Å². The lowest BCUT2D eigenvalue weighted by atomic mass is 10.2. The number of fused-ring (bicyclic) bond motifs is 1. The summed E-state index contributed by atoms with van der Waals surface area (Å²) in [5.74, 6) is -0.595. The Morgan fingerprint density at radius 3 is 2.76 bits per heavy atom. The van der Waals surface area contributed by atoms with Crippen molar-refractivity contribution in [2.45, 2.75) is 20.4 Å². The number of aromatic carboxylic acids is 1. The van der Waals surface area contributed by atoms with Crippen LogP contribution >= 0.6 is 0 Å². The minimum absolute atomic E-state index is 0.119. The first-order valence-electron chi connectivity index (χ1n) is 6.52. The zero-order chi connectivity index (χ0) is 15.6. The highest BCUT2D eigenvalue weighted by atomic mass is 32.2. The van der Waals surface area contributed by atoms with Crippen molar-refractivity contribution >= 4 is 27.0 Å². The summed E-state index contributed by atoms with van der Waals surface area (Å²) < 4.78 is 27.5. The summed E-state index contributed by atoms with van der Waals surface area (Å²) in [5, 5.41) is 9.26. The molecule has 0 radical (unpaired) electrons. The first-order chi connectivity index (χ1) is 9.85. The average Bonchev–Trinajstić information content (AvgIpc) is 2.71. The van der Waals surface area contributed by atoms with Gasteiger partial charge in [0.25, 0.3) is 0 Å². The summed E-state index contributed by atoms with van der Waals surface area (Å²) in [6, 6.07) is 4.82. The molecule has 1 heterocycles. The van der Waals surface area contributed by atoms with Crippen LogP contribution in [0.2, 0.25) is 0 Å². The topological polar surface area (TPSA) is 101 Å². The van der Waals surface area contributed by atoms with Gasteiger partial charge in [-0.05, 0) is 19.1 Å². The quantitative estimate of drug-likeness (QED) is 0.828. The summed E-state index contributed by atoms with van der Waals surface area (Å²) in [5.41, 5.74) is 1.12. The van der Waals surface area contributed by atoms with Crippen LogP contribution in [0.3, 0.4) is 0 Å². The molecule has 0 aliphatic heterocycles. The van der Waals surface area contributed by atoms with Crippen molar-refractivity contribution < 1.29 is 18.3 Å². The molecule has 0 aliphatic carbocycles. The van der Waals surface area contributed by atoms with Crippen LogP contribution in [0.4, 0.5) is 0 Å². The van der Waals surface area contributed by atoms with E-state index in [2.05, 4.69) is 9.71 Å². The molecular weight excluding hydrogens is 294 g/mol. The standard InChI is InChI=1S/C13H17N3O4S/c1-3-14-21(19,20)8-7-16-9(2)15-11-6-4-5-10(12(11)16)13(17)18/h4-6,14H,3,7-8H2,1-2H3,(H,17,18). The number of imidazole rings is 1. The third-order valence-electron chi connectivity index (χ3n) is 3.14. The van der Waals surface area contributed by atoms with Crippen molar-refractivity contribution in [2.24, 2.45) is 0 Å². The Morgan fingerprint density at radius 1 is 1.43 bits per heavy atom. The number of aryl methyl sites for hydroxylation is 2. The first-order valence-corrected chi connectivity index (χ1v) is 8.17. The summed E-state index contributed by atoms with van der Waals surface area (Å²) >= 11 is 0. The highest BCUT2D eigenvalue weighted by molar-refractivity contribution is 7.89. The van der Waals surface area contributed by atoms with Gasteiger partial charge in [0.1, 0.15) is 5.82 Å². The van der Waals surface area contributed by atoms with E-state index in [9.17, 15) is 18.3 Å². The molecule has 2 N–H and O–H groups in total. The number of carbonyl (C=O) groups is 1. The Labute approximate surface area is 122 Å². The van der Waals surface area contributed by atoms with Gasteiger partial charge in [0.15, 0.2) is 0 Å². The fraction of sp³-hybridized carbons (Fsp3) is 0.385. The van der Waals surface area contributed by atoms with Crippen LogP contribution < -0.4 is 4.72 Å². The van der Waals surface area contributed by atoms with E-state index in [1.54, 1.807) is 30.5 Å². The predicted molar refractivity (Wildman–Crippen MR) is 78.9 cm³/mol. The average molecular weight is 311 g/mol. The highest BCUT2D eigenvalue weighted by Crippen LogP contribution is 2.20. The number of sulfonamides is 1. The molecule has 7 nitrogen and oxygen atoms in total. The minimum Gasteiger partial charge on any atom is -0.478 e. The molecule has 0 fully saturated rings. The lowest BCUT2D eigenvalue weighted by molar-refractivity contribution is 0.0698. The number of carboxylic acid groups (broad SMARTS) is 1. The summed E-state index contributed by atoms with van der Waals surface area (Å²) in [4.78, 5) is 15.6. The second-order valence-electron chi connectivity index (χ2n) is 4.61. The van der Waals surface area contributed by atoms with Crippen LogP contribution in [0.1, 0.15) is 23.1 Å². The predicted octanol–water partition coefficient (Wildman–Crippen LogP) is 0.982. The van der Waals surface area contributed by atoms with Gasteiger partial charge in [-0.25, -0.2) is 22.9 Å². The van der Waals surface area contributed by atoms with Gasteiger partial charge in [0.2, 0.25) is 10.0 Å². The number of nitrogens with one attached hydrogen (secondary N) is 1. The van der Waals surface area contributed by atoms with Crippen molar-refractivity contribution in [1.82, 2.24) is 14.3 Å². The van der Waals surface area contributed by atoms with Gasteiger partial charge in [0.05, 0.1) is 22.3 Å². The van der Waals surface area contributed by atoms with Crippen molar-refractivity contribution in [3.8, 4) is 0 Å². The third-order valence-corrected chi connectivity index (χ3v) is 4.58. The molecule has 2 rings (SSSR count). The summed E-state index contributed by atoms with van der Waals surface area (Å²) in [6.07, 6.45) is 0. The van der Waals surface area contributed by atoms with E-state index < -0.39 is 16.0 Å². The fourth-order valence-corrected chi connectivity index (χ4v) is 3.26. The maximum atomic E-state index is 11.7. The molecule has 21 heavy (non-hydrogen) atoms. The van der Waals surface area contributed by atoms with E-state index in [1.807, 2.05) is 0 Å². The molecular formula is C13H17N3O4S. The molecule has 0 aliphatic rings. The fourth-order valence-electron chi connectivity index (χ4n) is 2.25. The smallest absolute Gasteiger partial charge is 0.337 e. The SMILES string of the molecule is CCNS(=O)(=O)CCn1c(C)nc2cccc(C(=O)O)c21. The molecule has 0 unspecified atom stereocenters. The highest BCUT2D eigenvalue weighted by Gasteiger charge is 2.17. The lowest BCUT2D eigenvalue weighted by Crippen LogP contribution is -2.28. The summed E-state index contributed by atoms with van der Waals surface area (Å²) in [6.45, 7) is 3.91. The molecule has 8 heteroatoms. The van der Waals surface area contributed by atoms with Crippen molar-refractivity contribution in [1.29, 1.82) is 0 Å². The number of benzene rings is 1. The number of hydrogen-bond acceptors (Lipinski definition) is 4. The van der Waals surface area contributed by atoms with E-state index in [0.29, 0.717) is 23.4 Å². The summed E-state index contributed by atoms with van der Waals surface area (Å²) in [7, 11) is -3.37. The monoisotopic (exact) mass is 311 g/mol. The Bertz CT molecular complexity index is 780. The number of para-hydroxylation sites is 1. The third kappa shape index (κ3) is 3.22. The minimum atomic E-state index is -3.37. The maximum absolute atomic E-state index is 11.7. The Kier molecular flexibility index (Phi) is 4.29. The van der Waals surface area contributed by atoms with Gasteiger partial charge in [-0.1, -0.05) is 13.0 Å². The molecule has 0 atom stereocenters. The van der Waals surface area contributed by atoms with Gasteiger partial charge in [-0.15, -0.1) is 0 Å². The van der Waals surface area contributed by atoms with Crippen molar-refractivity contribution in [2.75, 3.05) is 12.3 Å². The first kappa shape index (κ1) is 15.5. The van der Waals surface area contributed by atoms with Gasteiger partial charge in [-0.3, -0.25) is 0 Å². The number of aromatic nitrogens is 2. The van der Waals surface area contributed by atoms with Gasteiger partial charge in [0, 0.05) is 13.1 Å². The van der Waals surface area contributed by atoms with Gasteiger partial charge in [-0.2, -0.15) is 0 Å². The second-order valence-corrected chi connectivity index (χ2v) is 6.53. The van der Waals surface area contributed by atoms with E-state index in [1.165, 1.54) is 6.07 Å². The van der Waals surface area contributed by atoms with Crippen LogP contribution in [0, 0.1) is 6.92 Å². The number of nitrogens with zero attached hydrogens (tertiary/aromatic N) is 2. The number of hydrogen-bond donors (Lipinski definition) is 2. The van der Waals surface area contributed by atoms with Crippen molar-refractivity contribution in [3.05, 3.63) is 29.6 Å². The second kappa shape index (κ2) is 5.82. The Hall–Kier alpha value is -1.93. The van der Waals surface area contributed by atoms with Crippen LogP contribution in [0.25, 0.3) is 11.0 Å². The van der Waals surface area contributed by atoms with E-state index in [-0.39, 0.29) is 17.9 Å². The van der Waals surface area contributed by atoms with Gasteiger partial charge < -0.3 is 9.67 Å². The number of carboxylic acids is 1. The molecule has 114 valence electrons. The zero-order valence-corrected chi connectivity index (χ0v) is 12.6. The molecule has 0 spiro atoms. The maximum Gasteiger partial charge on any atom is 0.337 e. The normalized spacial score (nSPS) is 11.9. The van der Waals surface area contributed by atoms with Gasteiger partial charge >= 0.3 is 5.97 Å². The largest absolute Gasteiger partial charge is 0.478 e. The molecule has 1 aromatic heterocycles. The molecule has 0 saturated carbocycles. The molecule has 1 aromatic carbocycles. The Balaban J connectivity index is 2.44. The van der Waals surface area contributed by atoms with E-state index in [0.717, 1.165) is 0 Å². The molecule has 0 amide bonds. The zero-order valence-electron chi connectivity index (χ0n) is 11.8. The molecule has 0 bridgehead atoms. The van der Waals surface area contributed by atoms with Crippen LogP contribution in [-0.4, -0.2) is 41.3 Å². The van der Waals surface area contributed by atoms with E-state index in [4.69, 9.17) is 0 Å². The molecule has 2 aromatic rings. The number of rotatable bonds is 6. The lowest BCUT2D eigenvalue weighted by Gasteiger charge is -2.09. The molecule has 0 saturated heterocycles. The Morgan fingerprint density at radius 2 is 2.14 bits per heavy atom.